The molecule has 0 bridgehead atoms. The van der Waals surface area contributed by atoms with Crippen LogP contribution in [0.4, 0.5) is 0 Å². The van der Waals surface area contributed by atoms with Gasteiger partial charge < -0.3 is 15.8 Å². The van der Waals surface area contributed by atoms with E-state index in [1.807, 2.05) is 24.3 Å². The van der Waals surface area contributed by atoms with Crippen LogP contribution < -0.4 is 15.8 Å². The maximum Gasteiger partial charge on any atom is 0.240 e. The molecule has 4 nitrogen and oxygen atoms in total. The molecule has 1 amide bonds. The number of nitrogens with one attached hydrogen (secondary N) is 1. The van der Waals surface area contributed by atoms with Gasteiger partial charge in [0.2, 0.25) is 5.91 Å². The van der Waals surface area contributed by atoms with Gasteiger partial charge in [-0.2, -0.15) is 0 Å². The van der Waals surface area contributed by atoms with E-state index in [9.17, 15) is 4.79 Å². The fraction of sp³-hybridized carbons (Fsp3) is 0.417. The highest BCUT2D eigenvalue weighted by atomic mass is 35.5. The van der Waals surface area contributed by atoms with Crippen LogP contribution >= 0.6 is 12.4 Å². The number of hydrogen-bond donors (Lipinski definition) is 2. The lowest BCUT2D eigenvalue weighted by molar-refractivity contribution is -0.124. The third kappa shape index (κ3) is 2.10. The second-order valence-corrected chi connectivity index (χ2v) is 4.53. The highest BCUT2D eigenvalue weighted by Crippen LogP contribution is 2.35. The molecule has 1 heterocycles. The molecular formula is C12H15ClN2O2. The van der Waals surface area contributed by atoms with Crippen molar-refractivity contribution in [2.24, 2.45) is 5.73 Å². The first kappa shape index (κ1) is 12.2. The predicted octanol–water partition coefficient (Wildman–Crippen LogP) is 1.15. The fourth-order valence-corrected chi connectivity index (χ4v) is 1.95. The first-order valence-corrected chi connectivity index (χ1v) is 5.51. The summed E-state index contributed by atoms with van der Waals surface area (Å²) in [5.74, 6) is 0.799. The van der Waals surface area contributed by atoms with Crippen molar-refractivity contribution < 1.29 is 9.53 Å². The molecule has 1 aliphatic carbocycles. The van der Waals surface area contributed by atoms with Gasteiger partial charge in [0.05, 0.1) is 11.6 Å². The molecular weight excluding hydrogens is 240 g/mol. The monoisotopic (exact) mass is 254 g/mol. The molecule has 1 aromatic carbocycles. The molecule has 17 heavy (non-hydrogen) atoms. The first-order chi connectivity index (χ1) is 7.69. The molecule has 0 saturated heterocycles. The van der Waals surface area contributed by atoms with Crippen LogP contribution in [0.15, 0.2) is 24.3 Å². The lowest BCUT2D eigenvalue weighted by atomic mass is 10.1. The van der Waals surface area contributed by atoms with Crippen molar-refractivity contribution in [3.05, 3.63) is 29.8 Å². The van der Waals surface area contributed by atoms with Gasteiger partial charge in [0.15, 0.2) is 0 Å². The smallest absolute Gasteiger partial charge is 0.240 e. The van der Waals surface area contributed by atoms with Crippen molar-refractivity contribution >= 4 is 18.3 Å². The number of carbonyl (C=O) groups excluding carboxylic acids is 1. The number of ether oxygens (including phenoxy) is 1. The van der Waals surface area contributed by atoms with Gasteiger partial charge in [-0.3, -0.25) is 4.79 Å². The van der Waals surface area contributed by atoms with E-state index in [2.05, 4.69) is 5.32 Å². The van der Waals surface area contributed by atoms with Crippen LogP contribution in [0.2, 0.25) is 0 Å². The summed E-state index contributed by atoms with van der Waals surface area (Å²) in [5.41, 5.74) is 6.26. The maximum absolute atomic E-state index is 11.8. The molecule has 0 aromatic heterocycles. The molecule has 92 valence electrons. The number of amides is 1. The summed E-state index contributed by atoms with van der Waals surface area (Å²) in [5, 5.41) is 2.95. The minimum atomic E-state index is -0.614. The fourth-order valence-electron chi connectivity index (χ4n) is 1.95. The van der Waals surface area contributed by atoms with E-state index in [0.717, 1.165) is 24.2 Å². The van der Waals surface area contributed by atoms with Crippen LogP contribution in [-0.2, 0) is 4.79 Å². The van der Waals surface area contributed by atoms with E-state index in [1.54, 1.807) is 0 Å². The predicted molar refractivity (Wildman–Crippen MR) is 66.2 cm³/mol. The quantitative estimate of drug-likeness (QED) is 0.832. The van der Waals surface area contributed by atoms with Crippen molar-refractivity contribution in [1.82, 2.24) is 5.32 Å². The van der Waals surface area contributed by atoms with E-state index >= 15 is 0 Å². The Morgan fingerprint density at radius 2 is 2.12 bits per heavy atom. The Morgan fingerprint density at radius 1 is 1.41 bits per heavy atom. The molecule has 0 spiro atoms. The topological polar surface area (TPSA) is 64.4 Å². The third-order valence-electron chi connectivity index (χ3n) is 3.25. The lowest BCUT2D eigenvalue weighted by Crippen LogP contribution is -2.44. The highest BCUT2D eigenvalue weighted by molar-refractivity contribution is 5.89. The Balaban J connectivity index is 0.00000108. The van der Waals surface area contributed by atoms with Gasteiger partial charge in [-0.25, -0.2) is 0 Å². The zero-order chi connectivity index (χ0) is 11.2. The van der Waals surface area contributed by atoms with Gasteiger partial charge >= 0.3 is 0 Å². The summed E-state index contributed by atoms with van der Waals surface area (Å²) < 4.78 is 5.49. The van der Waals surface area contributed by atoms with E-state index in [-0.39, 0.29) is 24.4 Å². The summed E-state index contributed by atoms with van der Waals surface area (Å²) in [6.07, 6.45) is 1.57. The number of hydrogen-bond acceptors (Lipinski definition) is 3. The average molecular weight is 255 g/mol. The lowest BCUT2D eigenvalue weighted by Gasteiger charge is -2.15. The second kappa shape index (κ2) is 4.20. The van der Waals surface area contributed by atoms with Gasteiger partial charge in [-0.1, -0.05) is 18.2 Å². The Morgan fingerprint density at radius 3 is 2.82 bits per heavy atom. The summed E-state index contributed by atoms with van der Waals surface area (Å²) >= 11 is 0. The van der Waals surface area contributed by atoms with Crippen LogP contribution in [0.5, 0.6) is 5.75 Å². The molecule has 3 N–H and O–H groups in total. The summed E-state index contributed by atoms with van der Waals surface area (Å²) in [7, 11) is 0. The number of rotatable bonds is 2. The maximum atomic E-state index is 11.8. The highest BCUT2D eigenvalue weighted by Gasteiger charge is 2.47. The van der Waals surface area contributed by atoms with Crippen LogP contribution in [0.1, 0.15) is 24.4 Å². The molecule has 1 saturated carbocycles. The van der Waals surface area contributed by atoms with Gasteiger partial charge in [0.25, 0.3) is 0 Å². The SMILES string of the molecule is Cl.NC1(C(=O)NC2COc3ccccc32)CC1. The standard InChI is InChI=1S/C12H14N2O2.ClH/c13-12(5-6-12)11(15)14-9-7-16-10-4-2-1-3-8(9)10;/h1-4,9H,5-7,13H2,(H,14,15);1H. The zero-order valence-electron chi connectivity index (χ0n) is 9.31. The van der Waals surface area contributed by atoms with Crippen molar-refractivity contribution in [2.45, 2.75) is 24.4 Å². The van der Waals surface area contributed by atoms with Gasteiger partial charge in [0, 0.05) is 5.56 Å². The van der Waals surface area contributed by atoms with Crippen LogP contribution in [0.25, 0.3) is 0 Å². The van der Waals surface area contributed by atoms with Crippen molar-refractivity contribution in [1.29, 1.82) is 0 Å². The number of halogens is 1. The number of para-hydroxylation sites is 1. The summed E-state index contributed by atoms with van der Waals surface area (Å²) in [6.45, 7) is 0.501. The van der Waals surface area contributed by atoms with Crippen LogP contribution in [-0.4, -0.2) is 18.1 Å². The second-order valence-electron chi connectivity index (χ2n) is 4.53. The molecule has 2 aliphatic rings. The minimum absolute atomic E-state index is 0. The van der Waals surface area contributed by atoms with Crippen molar-refractivity contribution in [3.63, 3.8) is 0 Å². The molecule has 5 heteroatoms. The molecule has 1 atom stereocenters. The van der Waals surface area contributed by atoms with Gasteiger partial charge in [0.1, 0.15) is 12.4 Å². The Hall–Kier alpha value is -1.26. The van der Waals surface area contributed by atoms with Crippen LogP contribution in [0.3, 0.4) is 0 Å². The normalized spacial score (nSPS) is 23.0. The van der Waals surface area contributed by atoms with E-state index in [0.29, 0.717) is 6.61 Å². The summed E-state index contributed by atoms with van der Waals surface area (Å²) in [6, 6.07) is 7.71. The van der Waals surface area contributed by atoms with Gasteiger partial charge in [-0.15, -0.1) is 12.4 Å². The van der Waals surface area contributed by atoms with Crippen molar-refractivity contribution in [2.75, 3.05) is 6.61 Å². The largest absolute Gasteiger partial charge is 0.491 e. The van der Waals surface area contributed by atoms with E-state index in [1.165, 1.54) is 0 Å². The number of fused-ring (bicyclic) bond motifs is 1. The number of carbonyl (C=O) groups is 1. The minimum Gasteiger partial charge on any atom is -0.491 e. The molecule has 1 aliphatic heterocycles. The Kier molecular flexibility index (Phi) is 3.02. The number of nitrogens with two attached hydrogens (primary N) is 1. The molecule has 1 unspecified atom stereocenters. The van der Waals surface area contributed by atoms with Crippen LogP contribution in [0, 0.1) is 0 Å². The zero-order valence-corrected chi connectivity index (χ0v) is 10.1. The molecule has 0 radical (unpaired) electrons. The third-order valence-corrected chi connectivity index (χ3v) is 3.25. The average Bonchev–Trinajstić information content (AvgIpc) is 2.92. The molecule has 1 fully saturated rings. The number of benzene rings is 1. The Bertz CT molecular complexity index is 446. The molecule has 1 aromatic rings. The van der Waals surface area contributed by atoms with E-state index in [4.69, 9.17) is 10.5 Å². The van der Waals surface area contributed by atoms with Gasteiger partial charge in [-0.05, 0) is 18.9 Å². The Labute approximate surface area is 106 Å². The first-order valence-electron chi connectivity index (χ1n) is 5.51. The van der Waals surface area contributed by atoms with E-state index < -0.39 is 5.54 Å². The van der Waals surface area contributed by atoms with Crippen molar-refractivity contribution in [3.8, 4) is 5.75 Å². The molecule has 3 rings (SSSR count). The summed E-state index contributed by atoms with van der Waals surface area (Å²) in [4.78, 5) is 11.8.